The van der Waals surface area contributed by atoms with Crippen LogP contribution in [0.2, 0.25) is 0 Å². The molecule has 3 N–H and O–H groups in total. The molecule has 2 aromatic heterocycles. The number of unbranched alkanes of at least 4 members (excludes halogenated alkanes) is 4. The van der Waals surface area contributed by atoms with E-state index in [-0.39, 0.29) is 24.4 Å². The Morgan fingerprint density at radius 2 is 1.40 bits per heavy atom. The lowest BCUT2D eigenvalue weighted by atomic mass is 9.83. The van der Waals surface area contributed by atoms with E-state index in [9.17, 15) is 4.79 Å². The lowest BCUT2D eigenvalue weighted by Crippen LogP contribution is -2.48. The summed E-state index contributed by atoms with van der Waals surface area (Å²) < 4.78 is 1.70. The van der Waals surface area contributed by atoms with Crippen molar-refractivity contribution in [3.8, 4) is 5.82 Å². The van der Waals surface area contributed by atoms with E-state index in [1.165, 1.54) is 155 Å². The standard InChI is InChI=1S/C26H39N5O.C17H34N2.ClH/c1-2-3-4-9-21-10-7-16-30(19-21)20-23-11-5-6-12-24(23)29-26(32)22-13-14-25(27-18-22)31-17-8-15-28-31;1-2-3-4-8-15-9-7-12-19(13-15)14-16-10-5-6-11-17(16)18;/h8,13-15,17-18,21,23-24H,2-7,9-12,16,19-20H2,1H3,(H,29,32);15-17H,2-14,18H2,1H3;1H/t21?,23-,24+;15?,16-,17+;/m00./s1. The maximum Gasteiger partial charge on any atom is 0.253 e. The van der Waals surface area contributed by atoms with E-state index >= 15 is 0 Å². The highest BCUT2D eigenvalue weighted by Crippen LogP contribution is 2.30. The zero-order valence-electron chi connectivity index (χ0n) is 32.9. The van der Waals surface area contributed by atoms with Gasteiger partial charge in [0.2, 0.25) is 0 Å². The maximum atomic E-state index is 13.0. The number of hydrogen-bond donors (Lipinski definition) is 2. The number of likely N-dealkylation sites (tertiary alicyclic amines) is 2. The number of halogens is 1. The Hall–Kier alpha value is -2.00. The number of nitrogens with two attached hydrogens (primary N) is 1. The largest absolute Gasteiger partial charge is 0.349 e. The van der Waals surface area contributed by atoms with Crippen LogP contribution in [0.15, 0.2) is 36.8 Å². The first-order valence-electron chi connectivity index (χ1n) is 21.5. The van der Waals surface area contributed by atoms with Crippen molar-refractivity contribution in [2.24, 2.45) is 29.4 Å². The van der Waals surface area contributed by atoms with Crippen LogP contribution >= 0.6 is 12.4 Å². The molecule has 0 bridgehead atoms. The molecule has 6 atom stereocenters. The average Bonchev–Trinajstić information content (AvgIpc) is 3.70. The summed E-state index contributed by atoms with van der Waals surface area (Å²) in [7, 11) is 0. The van der Waals surface area contributed by atoms with Gasteiger partial charge >= 0.3 is 0 Å². The molecule has 294 valence electrons. The van der Waals surface area contributed by atoms with Gasteiger partial charge < -0.3 is 20.9 Å². The van der Waals surface area contributed by atoms with Crippen molar-refractivity contribution in [2.75, 3.05) is 39.3 Å². The molecule has 6 rings (SSSR count). The normalized spacial score (nSPS) is 27.2. The van der Waals surface area contributed by atoms with E-state index in [1.54, 1.807) is 17.1 Å². The SMILES string of the molecule is CCCCCC1CCCN(C[C@@H]2CCCC[C@H]2N)C1.CCCCCC1CCCN(C[C@@H]2CCCC[C@H]2NC(=O)c2ccc(-n3cccn3)nc2)C1.Cl. The number of amides is 1. The zero-order valence-corrected chi connectivity index (χ0v) is 33.8. The summed E-state index contributed by atoms with van der Waals surface area (Å²) >= 11 is 0. The van der Waals surface area contributed by atoms with Gasteiger partial charge in [0.25, 0.3) is 5.91 Å². The molecule has 2 unspecified atom stereocenters. The Kier molecular flexibility index (Phi) is 19.5. The van der Waals surface area contributed by atoms with Crippen LogP contribution in [-0.2, 0) is 0 Å². The average molecular weight is 741 g/mol. The summed E-state index contributed by atoms with van der Waals surface area (Å²) in [5.74, 6) is 3.89. The second kappa shape index (κ2) is 23.7. The third-order valence-corrected chi connectivity index (χ3v) is 12.6. The molecule has 2 aliphatic carbocycles. The zero-order chi connectivity index (χ0) is 35.7. The van der Waals surface area contributed by atoms with Gasteiger partial charge in [0.15, 0.2) is 5.82 Å². The van der Waals surface area contributed by atoms with Crippen LogP contribution in [0.25, 0.3) is 5.82 Å². The molecule has 2 saturated carbocycles. The number of carbonyl (C=O) groups is 1. The molecule has 2 aliphatic heterocycles. The topological polar surface area (TPSA) is 92.3 Å². The fourth-order valence-corrected chi connectivity index (χ4v) is 9.53. The number of nitrogens with zero attached hydrogens (tertiary/aromatic N) is 5. The Labute approximate surface area is 323 Å². The van der Waals surface area contributed by atoms with Gasteiger partial charge in [0.1, 0.15) is 0 Å². The Morgan fingerprint density at radius 3 is 1.98 bits per heavy atom. The number of nitrogens with one attached hydrogen (secondary N) is 1. The predicted molar refractivity (Wildman–Crippen MR) is 218 cm³/mol. The van der Waals surface area contributed by atoms with Crippen LogP contribution in [0.5, 0.6) is 0 Å². The molecular weight excluding hydrogens is 666 g/mol. The molecular formula is C43H74ClN7O. The van der Waals surface area contributed by atoms with Gasteiger partial charge in [0.05, 0.1) is 5.56 Å². The minimum Gasteiger partial charge on any atom is -0.349 e. The molecule has 4 aliphatic rings. The summed E-state index contributed by atoms with van der Waals surface area (Å²) in [5, 5.41) is 7.55. The number of hydrogen-bond acceptors (Lipinski definition) is 6. The molecule has 1 amide bonds. The van der Waals surface area contributed by atoms with Crippen LogP contribution in [0.4, 0.5) is 0 Å². The fourth-order valence-electron chi connectivity index (χ4n) is 9.53. The van der Waals surface area contributed by atoms with Crippen LogP contribution in [-0.4, -0.2) is 81.8 Å². The number of carbonyl (C=O) groups excluding carboxylic acids is 1. The van der Waals surface area contributed by atoms with E-state index in [4.69, 9.17) is 5.73 Å². The minimum atomic E-state index is -0.00231. The summed E-state index contributed by atoms with van der Waals surface area (Å²) in [6.07, 6.45) is 32.2. The molecule has 0 radical (unpaired) electrons. The van der Waals surface area contributed by atoms with E-state index in [2.05, 4.69) is 39.0 Å². The summed E-state index contributed by atoms with van der Waals surface area (Å²) in [6.45, 7) is 12.2. The predicted octanol–water partition coefficient (Wildman–Crippen LogP) is 9.07. The van der Waals surface area contributed by atoms with Gasteiger partial charge in [-0.1, -0.05) is 78.1 Å². The molecule has 4 fully saturated rings. The van der Waals surface area contributed by atoms with Crippen molar-refractivity contribution in [1.29, 1.82) is 0 Å². The highest BCUT2D eigenvalue weighted by atomic mass is 35.5. The molecule has 2 saturated heterocycles. The molecule has 2 aromatic rings. The second-order valence-corrected chi connectivity index (χ2v) is 16.7. The van der Waals surface area contributed by atoms with Crippen molar-refractivity contribution < 1.29 is 4.79 Å². The van der Waals surface area contributed by atoms with Crippen molar-refractivity contribution in [1.82, 2.24) is 29.9 Å². The first-order valence-corrected chi connectivity index (χ1v) is 21.5. The van der Waals surface area contributed by atoms with E-state index in [1.807, 2.05) is 24.4 Å². The van der Waals surface area contributed by atoms with E-state index in [0.29, 0.717) is 17.5 Å². The monoisotopic (exact) mass is 740 g/mol. The van der Waals surface area contributed by atoms with Gasteiger partial charge in [-0.05, 0) is 119 Å². The smallest absolute Gasteiger partial charge is 0.253 e. The van der Waals surface area contributed by atoms with Crippen LogP contribution in [0.1, 0.15) is 153 Å². The fraction of sp³-hybridized carbons (Fsp3) is 0.791. The number of piperidine rings is 2. The van der Waals surface area contributed by atoms with Gasteiger partial charge in [0, 0.05) is 56.9 Å². The first kappa shape index (κ1) is 42.7. The Bertz CT molecular complexity index is 1230. The summed E-state index contributed by atoms with van der Waals surface area (Å²) in [5.41, 5.74) is 6.93. The van der Waals surface area contributed by atoms with Crippen LogP contribution < -0.4 is 11.1 Å². The third-order valence-electron chi connectivity index (χ3n) is 12.6. The highest BCUT2D eigenvalue weighted by Gasteiger charge is 2.31. The first-order chi connectivity index (χ1) is 25.0. The molecule has 8 nitrogen and oxygen atoms in total. The third kappa shape index (κ3) is 14.0. The Balaban J connectivity index is 0.000000259. The van der Waals surface area contributed by atoms with Crippen molar-refractivity contribution >= 4 is 18.3 Å². The van der Waals surface area contributed by atoms with Gasteiger partial charge in [-0.2, -0.15) is 5.10 Å². The molecule has 4 heterocycles. The number of pyridine rings is 1. The summed E-state index contributed by atoms with van der Waals surface area (Å²) in [6, 6.07) is 6.31. The summed E-state index contributed by atoms with van der Waals surface area (Å²) in [4.78, 5) is 22.8. The molecule has 9 heteroatoms. The minimum absolute atomic E-state index is 0. The van der Waals surface area contributed by atoms with Crippen LogP contribution in [0, 0.1) is 23.7 Å². The number of aromatic nitrogens is 3. The quantitative estimate of drug-likeness (QED) is 0.177. The van der Waals surface area contributed by atoms with E-state index in [0.717, 1.165) is 36.5 Å². The van der Waals surface area contributed by atoms with Gasteiger partial charge in [-0.3, -0.25) is 4.79 Å². The maximum absolute atomic E-state index is 13.0. The van der Waals surface area contributed by atoms with Crippen molar-refractivity contribution in [3.05, 3.63) is 42.4 Å². The molecule has 0 aromatic carbocycles. The Morgan fingerprint density at radius 1 is 0.788 bits per heavy atom. The van der Waals surface area contributed by atoms with Gasteiger partial charge in [-0.15, -0.1) is 12.4 Å². The van der Waals surface area contributed by atoms with Crippen LogP contribution in [0.3, 0.4) is 0 Å². The highest BCUT2D eigenvalue weighted by molar-refractivity contribution is 5.94. The second-order valence-electron chi connectivity index (χ2n) is 16.7. The lowest BCUT2D eigenvalue weighted by molar-refractivity contribution is 0.0852. The van der Waals surface area contributed by atoms with E-state index < -0.39 is 0 Å². The molecule has 0 spiro atoms. The molecule has 52 heavy (non-hydrogen) atoms. The van der Waals surface area contributed by atoms with Crippen molar-refractivity contribution in [3.63, 3.8) is 0 Å². The van der Waals surface area contributed by atoms with Crippen molar-refractivity contribution in [2.45, 2.75) is 154 Å². The lowest BCUT2D eigenvalue weighted by Gasteiger charge is -2.39. The van der Waals surface area contributed by atoms with Gasteiger partial charge in [-0.25, -0.2) is 9.67 Å². The number of rotatable bonds is 15.